The zero-order valence-electron chi connectivity index (χ0n) is 8.13. The summed E-state index contributed by atoms with van der Waals surface area (Å²) in [5.74, 6) is -0.463. The van der Waals surface area contributed by atoms with Crippen molar-refractivity contribution in [3.05, 3.63) is 5.01 Å². The van der Waals surface area contributed by atoms with Crippen molar-refractivity contribution in [2.75, 3.05) is 19.8 Å². The summed E-state index contributed by atoms with van der Waals surface area (Å²) in [5, 5.41) is 8.00. The largest absolute Gasteiger partial charge is 0.461 e. The van der Waals surface area contributed by atoms with Crippen LogP contribution in [0.3, 0.4) is 0 Å². The molecule has 2 heterocycles. The Morgan fingerprint density at radius 1 is 1.60 bits per heavy atom. The number of esters is 1. The highest BCUT2D eigenvalue weighted by Gasteiger charge is 2.23. The average molecular weight is 230 g/mol. The molecule has 1 aromatic rings. The molecule has 0 N–H and O–H groups in total. The number of carbonyl (C=O) groups is 1. The molecule has 6 nitrogen and oxygen atoms in total. The summed E-state index contributed by atoms with van der Waals surface area (Å²) < 4.78 is 15.1. The van der Waals surface area contributed by atoms with Crippen LogP contribution in [0.5, 0.6) is 5.19 Å². The van der Waals surface area contributed by atoms with Gasteiger partial charge in [0, 0.05) is 0 Å². The Morgan fingerprint density at radius 3 is 3.00 bits per heavy atom. The van der Waals surface area contributed by atoms with Gasteiger partial charge in [0.2, 0.25) is 5.01 Å². The molecule has 1 fully saturated rings. The number of carbonyl (C=O) groups excluding carboxylic acids is 1. The van der Waals surface area contributed by atoms with Crippen LogP contribution in [0.4, 0.5) is 0 Å². The third kappa shape index (κ3) is 2.42. The van der Waals surface area contributed by atoms with E-state index in [4.69, 9.17) is 14.2 Å². The van der Waals surface area contributed by atoms with Crippen LogP contribution < -0.4 is 4.74 Å². The Morgan fingerprint density at radius 2 is 2.40 bits per heavy atom. The number of hydrogen-bond donors (Lipinski definition) is 0. The molecule has 1 aliphatic rings. The first-order valence-electron chi connectivity index (χ1n) is 4.54. The normalized spacial score (nSPS) is 15.8. The Kier molecular flexibility index (Phi) is 3.12. The molecule has 15 heavy (non-hydrogen) atoms. The van der Waals surface area contributed by atoms with Gasteiger partial charge in [0.05, 0.1) is 19.8 Å². The van der Waals surface area contributed by atoms with E-state index in [1.807, 2.05) is 0 Å². The number of hydrogen-bond acceptors (Lipinski definition) is 7. The summed E-state index contributed by atoms with van der Waals surface area (Å²) in [6, 6.07) is 0. The van der Waals surface area contributed by atoms with Crippen LogP contribution in [0.25, 0.3) is 0 Å². The van der Waals surface area contributed by atoms with E-state index in [2.05, 4.69) is 10.2 Å². The van der Waals surface area contributed by atoms with Gasteiger partial charge in [-0.25, -0.2) is 4.79 Å². The van der Waals surface area contributed by atoms with Gasteiger partial charge in [0.15, 0.2) is 0 Å². The predicted molar refractivity (Wildman–Crippen MR) is 51.1 cm³/mol. The number of rotatable bonds is 4. The second-order valence-electron chi connectivity index (χ2n) is 2.87. The first kappa shape index (κ1) is 10.3. The fraction of sp³-hybridized carbons (Fsp3) is 0.625. The molecule has 0 saturated carbocycles. The first-order valence-corrected chi connectivity index (χ1v) is 5.36. The van der Waals surface area contributed by atoms with E-state index in [0.29, 0.717) is 25.0 Å². The van der Waals surface area contributed by atoms with Gasteiger partial charge in [0.25, 0.3) is 5.19 Å². The van der Waals surface area contributed by atoms with Crippen molar-refractivity contribution >= 4 is 17.3 Å². The molecule has 0 amide bonds. The maximum atomic E-state index is 11.2. The molecule has 1 saturated heterocycles. The van der Waals surface area contributed by atoms with Gasteiger partial charge in [-0.15, -0.1) is 5.10 Å². The quantitative estimate of drug-likeness (QED) is 0.701. The molecule has 1 aromatic heterocycles. The molecule has 7 heteroatoms. The van der Waals surface area contributed by atoms with Crippen molar-refractivity contribution < 1.29 is 19.0 Å². The standard InChI is InChI=1S/C8H10N2O4S/c1-2-13-7(11)6-9-10-8(15-6)14-5-3-12-4-5/h5H,2-4H2,1H3. The topological polar surface area (TPSA) is 70.5 Å². The van der Waals surface area contributed by atoms with E-state index in [0.717, 1.165) is 11.3 Å². The summed E-state index contributed by atoms with van der Waals surface area (Å²) in [7, 11) is 0. The molecule has 1 aliphatic heterocycles. The third-order valence-corrected chi connectivity index (χ3v) is 2.53. The molecule has 0 unspecified atom stereocenters. The van der Waals surface area contributed by atoms with E-state index in [9.17, 15) is 4.79 Å². The van der Waals surface area contributed by atoms with Crippen LogP contribution in [0.15, 0.2) is 0 Å². The number of aromatic nitrogens is 2. The van der Waals surface area contributed by atoms with Crippen molar-refractivity contribution in [2.24, 2.45) is 0 Å². The number of nitrogens with zero attached hydrogens (tertiary/aromatic N) is 2. The second kappa shape index (κ2) is 4.54. The van der Waals surface area contributed by atoms with E-state index in [-0.39, 0.29) is 11.1 Å². The van der Waals surface area contributed by atoms with Gasteiger partial charge in [-0.2, -0.15) is 0 Å². The molecule has 0 radical (unpaired) electrons. The van der Waals surface area contributed by atoms with Crippen LogP contribution in [0, 0.1) is 0 Å². The maximum Gasteiger partial charge on any atom is 0.369 e. The summed E-state index contributed by atoms with van der Waals surface area (Å²) in [6.45, 7) is 3.19. The van der Waals surface area contributed by atoms with Gasteiger partial charge in [-0.05, 0) is 18.3 Å². The zero-order valence-corrected chi connectivity index (χ0v) is 8.95. The van der Waals surface area contributed by atoms with Crippen LogP contribution >= 0.6 is 11.3 Å². The molecule has 0 spiro atoms. The average Bonchev–Trinajstić information content (AvgIpc) is 2.60. The maximum absolute atomic E-state index is 11.2. The Bertz CT molecular complexity index is 350. The van der Waals surface area contributed by atoms with Gasteiger partial charge >= 0.3 is 5.97 Å². The zero-order chi connectivity index (χ0) is 10.7. The van der Waals surface area contributed by atoms with E-state index >= 15 is 0 Å². The van der Waals surface area contributed by atoms with Crippen molar-refractivity contribution in [1.82, 2.24) is 10.2 Å². The molecular formula is C8H10N2O4S. The summed E-state index contributed by atoms with van der Waals surface area (Å²) in [5.41, 5.74) is 0. The van der Waals surface area contributed by atoms with E-state index in [1.54, 1.807) is 6.92 Å². The van der Waals surface area contributed by atoms with E-state index in [1.165, 1.54) is 0 Å². The lowest BCUT2D eigenvalue weighted by Gasteiger charge is -2.24. The highest BCUT2D eigenvalue weighted by molar-refractivity contribution is 7.14. The van der Waals surface area contributed by atoms with Gasteiger partial charge < -0.3 is 14.2 Å². The Labute approximate surface area is 90.2 Å². The second-order valence-corrected chi connectivity index (χ2v) is 3.81. The molecule has 0 aromatic carbocycles. The molecule has 2 rings (SSSR count). The minimum Gasteiger partial charge on any atom is -0.461 e. The van der Waals surface area contributed by atoms with Crippen molar-refractivity contribution in [2.45, 2.75) is 13.0 Å². The minimum atomic E-state index is -0.463. The first-order chi connectivity index (χ1) is 7.29. The SMILES string of the molecule is CCOC(=O)c1nnc(OC2COC2)s1. The highest BCUT2D eigenvalue weighted by atomic mass is 32.1. The monoisotopic (exact) mass is 230 g/mol. The lowest BCUT2D eigenvalue weighted by Crippen LogP contribution is -2.38. The summed E-state index contributed by atoms with van der Waals surface area (Å²) in [4.78, 5) is 11.2. The minimum absolute atomic E-state index is 0.0352. The molecule has 0 aliphatic carbocycles. The summed E-state index contributed by atoms with van der Waals surface area (Å²) >= 11 is 1.08. The van der Waals surface area contributed by atoms with Crippen LogP contribution in [-0.4, -0.2) is 42.1 Å². The van der Waals surface area contributed by atoms with Crippen LogP contribution in [-0.2, 0) is 9.47 Å². The predicted octanol–water partition coefficient (Wildman–Crippen LogP) is 0.492. The fourth-order valence-corrected chi connectivity index (χ4v) is 1.61. The molecular weight excluding hydrogens is 220 g/mol. The molecule has 0 bridgehead atoms. The highest BCUT2D eigenvalue weighted by Crippen LogP contribution is 2.21. The van der Waals surface area contributed by atoms with Gasteiger partial charge in [-0.3, -0.25) is 0 Å². The Hall–Kier alpha value is -1.21. The van der Waals surface area contributed by atoms with Crippen LogP contribution in [0.1, 0.15) is 16.7 Å². The van der Waals surface area contributed by atoms with E-state index < -0.39 is 5.97 Å². The molecule has 0 atom stereocenters. The Balaban J connectivity index is 1.93. The van der Waals surface area contributed by atoms with Gasteiger partial charge in [-0.1, -0.05) is 5.10 Å². The van der Waals surface area contributed by atoms with Gasteiger partial charge in [0.1, 0.15) is 6.10 Å². The molecule has 82 valence electrons. The fourth-order valence-electron chi connectivity index (χ4n) is 0.957. The lowest BCUT2D eigenvalue weighted by molar-refractivity contribution is -0.0799. The van der Waals surface area contributed by atoms with Crippen molar-refractivity contribution in [1.29, 1.82) is 0 Å². The summed E-state index contributed by atoms with van der Waals surface area (Å²) in [6.07, 6.45) is 0.0352. The smallest absolute Gasteiger partial charge is 0.369 e. The van der Waals surface area contributed by atoms with Crippen LogP contribution in [0.2, 0.25) is 0 Å². The van der Waals surface area contributed by atoms with Crippen molar-refractivity contribution in [3.63, 3.8) is 0 Å². The van der Waals surface area contributed by atoms with Crippen molar-refractivity contribution in [3.8, 4) is 5.19 Å². The third-order valence-electron chi connectivity index (χ3n) is 1.73. The lowest BCUT2D eigenvalue weighted by atomic mass is 10.3. The number of ether oxygens (including phenoxy) is 3.